The molecule has 0 saturated carbocycles. The molecule has 178 valence electrons. The lowest BCUT2D eigenvalue weighted by molar-refractivity contribution is -0.120. The monoisotopic (exact) mass is 547 g/mol. The summed E-state index contributed by atoms with van der Waals surface area (Å²) in [6.45, 7) is 1.82. The van der Waals surface area contributed by atoms with Gasteiger partial charge in [-0.2, -0.15) is 0 Å². The van der Waals surface area contributed by atoms with Gasteiger partial charge in [-0.1, -0.05) is 64.6 Å². The third kappa shape index (κ3) is 5.46. The first kappa shape index (κ1) is 25.1. The largest absolute Gasteiger partial charge is 0.350 e. The van der Waals surface area contributed by atoms with Gasteiger partial charge in [0.2, 0.25) is 5.91 Å². The molecule has 0 atom stereocenters. The second kappa shape index (κ2) is 10.3. The summed E-state index contributed by atoms with van der Waals surface area (Å²) >= 11 is 24.2. The van der Waals surface area contributed by atoms with E-state index in [1.807, 2.05) is 6.92 Å². The van der Waals surface area contributed by atoms with Gasteiger partial charge >= 0.3 is 0 Å². The number of carbonyl (C=O) groups excluding carboxylic acids is 3. The average Bonchev–Trinajstić information content (AvgIpc) is 3.02. The third-order valence-corrected chi connectivity index (χ3v) is 6.73. The Morgan fingerprint density at radius 1 is 0.800 bits per heavy atom. The van der Waals surface area contributed by atoms with E-state index in [-0.39, 0.29) is 23.1 Å². The van der Waals surface area contributed by atoms with Crippen LogP contribution in [0.15, 0.2) is 71.4 Å². The Morgan fingerprint density at radius 2 is 1.49 bits per heavy atom. The number of hydrogen-bond donors (Lipinski definition) is 2. The zero-order valence-corrected chi connectivity index (χ0v) is 21.2. The lowest BCUT2D eigenvalue weighted by atomic mass is 10.1. The molecule has 35 heavy (non-hydrogen) atoms. The zero-order valence-electron chi connectivity index (χ0n) is 18.2. The smallest absolute Gasteiger partial charge is 0.283 e. The fourth-order valence-corrected chi connectivity index (χ4v) is 4.07. The van der Waals surface area contributed by atoms with Crippen molar-refractivity contribution in [2.75, 3.05) is 15.5 Å². The number of rotatable bonds is 6. The molecule has 0 spiro atoms. The second-order valence-corrected chi connectivity index (χ2v) is 9.34. The first-order chi connectivity index (χ1) is 16.6. The van der Waals surface area contributed by atoms with Crippen molar-refractivity contribution >= 4 is 81.2 Å². The van der Waals surface area contributed by atoms with E-state index in [0.717, 1.165) is 16.0 Å². The quantitative estimate of drug-likeness (QED) is 0.341. The van der Waals surface area contributed by atoms with E-state index in [1.165, 1.54) is 6.07 Å². The highest BCUT2D eigenvalue weighted by Gasteiger charge is 2.39. The molecule has 0 aliphatic carbocycles. The fourth-order valence-electron chi connectivity index (χ4n) is 3.38. The highest BCUT2D eigenvalue weighted by Crippen LogP contribution is 2.32. The summed E-state index contributed by atoms with van der Waals surface area (Å²) in [4.78, 5) is 38.9. The number of anilines is 3. The summed E-state index contributed by atoms with van der Waals surface area (Å²) in [7, 11) is 0. The lowest BCUT2D eigenvalue weighted by Gasteiger charge is -2.16. The second-order valence-electron chi connectivity index (χ2n) is 7.74. The maximum Gasteiger partial charge on any atom is 0.283 e. The van der Waals surface area contributed by atoms with Gasteiger partial charge < -0.3 is 10.6 Å². The Bertz CT molecular complexity index is 1390. The maximum absolute atomic E-state index is 12.9. The molecule has 6 nitrogen and oxygen atoms in total. The minimum Gasteiger partial charge on any atom is -0.350 e. The normalized spacial score (nSPS) is 13.5. The van der Waals surface area contributed by atoms with Crippen LogP contribution in [-0.2, 0) is 20.8 Å². The fraction of sp³-hybridized carbons (Fsp3) is 0.0800. The molecule has 0 aromatic heterocycles. The van der Waals surface area contributed by atoms with Crippen molar-refractivity contribution in [1.29, 1.82) is 0 Å². The molecule has 3 amide bonds. The van der Waals surface area contributed by atoms with Gasteiger partial charge in [0.05, 0.1) is 22.2 Å². The Balaban J connectivity index is 1.42. The van der Waals surface area contributed by atoms with E-state index < -0.39 is 11.8 Å². The molecule has 3 aromatic carbocycles. The number of nitrogens with zero attached hydrogens (tertiary/aromatic N) is 1. The highest BCUT2D eigenvalue weighted by molar-refractivity contribution is 6.53. The molecule has 10 heteroatoms. The number of imide groups is 1. The van der Waals surface area contributed by atoms with Gasteiger partial charge in [-0.3, -0.25) is 14.4 Å². The van der Waals surface area contributed by atoms with Crippen molar-refractivity contribution in [3.05, 3.63) is 97.6 Å². The first-order valence-electron chi connectivity index (χ1n) is 10.3. The van der Waals surface area contributed by atoms with Crippen molar-refractivity contribution in [1.82, 2.24) is 0 Å². The molecule has 3 aromatic rings. The minimum atomic E-state index is -0.644. The minimum absolute atomic E-state index is 0.0431. The molecule has 0 bridgehead atoms. The molecular weight excluding hydrogens is 532 g/mol. The van der Waals surface area contributed by atoms with Crippen LogP contribution < -0.4 is 15.5 Å². The molecule has 0 saturated heterocycles. The van der Waals surface area contributed by atoms with Crippen LogP contribution in [0.2, 0.25) is 15.1 Å². The van der Waals surface area contributed by atoms with Crippen molar-refractivity contribution in [3.8, 4) is 0 Å². The summed E-state index contributed by atoms with van der Waals surface area (Å²) in [5.74, 6) is -1.47. The Morgan fingerprint density at radius 3 is 2.14 bits per heavy atom. The maximum atomic E-state index is 12.9. The number of halogens is 4. The topological polar surface area (TPSA) is 78.5 Å². The van der Waals surface area contributed by atoms with Crippen LogP contribution in [0.5, 0.6) is 0 Å². The number of aryl methyl sites for hydroxylation is 1. The summed E-state index contributed by atoms with van der Waals surface area (Å²) in [5, 5.41) is 6.61. The number of benzene rings is 3. The standard InChI is InChI=1S/C25H17Cl4N3O3/c1-13-2-8-17(12-19(13)27)32-24(34)22(29)23(25(32)35)31-15-5-3-14(4-6-15)10-21(33)30-16-7-9-18(26)20(28)11-16/h2-9,11-12,31H,10H2,1H3,(H,30,33). The van der Waals surface area contributed by atoms with E-state index in [4.69, 9.17) is 46.4 Å². The number of amides is 3. The number of carbonyl (C=O) groups is 3. The predicted molar refractivity (Wildman–Crippen MR) is 140 cm³/mol. The van der Waals surface area contributed by atoms with Gasteiger partial charge in [-0.25, -0.2) is 4.90 Å². The molecule has 0 fully saturated rings. The lowest BCUT2D eigenvalue weighted by Crippen LogP contribution is -2.32. The van der Waals surface area contributed by atoms with Crippen LogP contribution in [0.25, 0.3) is 0 Å². The zero-order chi connectivity index (χ0) is 25.3. The molecular formula is C25H17Cl4N3O3. The molecule has 1 heterocycles. The SMILES string of the molecule is Cc1ccc(N2C(=O)C(Cl)=C(Nc3ccc(CC(=O)Nc4ccc(Cl)c(Cl)c4)cc3)C2=O)cc1Cl. The van der Waals surface area contributed by atoms with Crippen LogP contribution in [0, 0.1) is 6.92 Å². The molecule has 0 radical (unpaired) electrons. The van der Waals surface area contributed by atoms with E-state index in [9.17, 15) is 14.4 Å². The molecule has 0 unspecified atom stereocenters. The summed E-state index contributed by atoms with van der Waals surface area (Å²) < 4.78 is 0. The summed E-state index contributed by atoms with van der Waals surface area (Å²) in [6, 6.07) is 16.5. The van der Waals surface area contributed by atoms with E-state index >= 15 is 0 Å². The van der Waals surface area contributed by atoms with Gasteiger partial charge in [0.25, 0.3) is 11.8 Å². The Hall–Kier alpha value is -3.03. The first-order valence-corrected chi connectivity index (χ1v) is 11.8. The van der Waals surface area contributed by atoms with Crippen LogP contribution in [0.4, 0.5) is 17.1 Å². The van der Waals surface area contributed by atoms with Crippen molar-refractivity contribution in [2.45, 2.75) is 13.3 Å². The van der Waals surface area contributed by atoms with Gasteiger partial charge in [0, 0.05) is 16.4 Å². The Labute approximate surface area is 221 Å². The van der Waals surface area contributed by atoms with Crippen molar-refractivity contribution in [3.63, 3.8) is 0 Å². The summed E-state index contributed by atoms with van der Waals surface area (Å²) in [5.41, 5.74) is 2.90. The van der Waals surface area contributed by atoms with E-state index in [1.54, 1.807) is 54.6 Å². The van der Waals surface area contributed by atoms with Gasteiger partial charge in [-0.15, -0.1) is 0 Å². The van der Waals surface area contributed by atoms with Crippen LogP contribution >= 0.6 is 46.4 Å². The van der Waals surface area contributed by atoms with E-state index in [0.29, 0.717) is 32.1 Å². The number of hydrogen-bond acceptors (Lipinski definition) is 4. The molecule has 4 rings (SSSR count). The van der Waals surface area contributed by atoms with Crippen LogP contribution in [0.1, 0.15) is 11.1 Å². The van der Waals surface area contributed by atoms with Crippen molar-refractivity contribution < 1.29 is 14.4 Å². The number of nitrogens with one attached hydrogen (secondary N) is 2. The molecule has 1 aliphatic heterocycles. The highest BCUT2D eigenvalue weighted by atomic mass is 35.5. The van der Waals surface area contributed by atoms with Crippen molar-refractivity contribution in [2.24, 2.45) is 0 Å². The van der Waals surface area contributed by atoms with Gasteiger partial charge in [0.1, 0.15) is 10.7 Å². The predicted octanol–water partition coefficient (Wildman–Crippen LogP) is 6.57. The Kier molecular flexibility index (Phi) is 7.38. The van der Waals surface area contributed by atoms with E-state index in [2.05, 4.69) is 10.6 Å². The third-order valence-electron chi connectivity index (χ3n) is 5.23. The van der Waals surface area contributed by atoms with Crippen LogP contribution in [0.3, 0.4) is 0 Å². The average molecular weight is 549 g/mol. The van der Waals surface area contributed by atoms with Crippen LogP contribution in [-0.4, -0.2) is 17.7 Å². The molecule has 1 aliphatic rings. The molecule has 2 N–H and O–H groups in total. The summed E-state index contributed by atoms with van der Waals surface area (Å²) in [6.07, 6.45) is 0.114. The van der Waals surface area contributed by atoms with Gasteiger partial charge in [0.15, 0.2) is 0 Å². The van der Waals surface area contributed by atoms with Gasteiger partial charge in [-0.05, 0) is 60.5 Å².